The van der Waals surface area contributed by atoms with Gasteiger partial charge in [-0.05, 0) is 45.3 Å². The molecule has 0 heterocycles. The van der Waals surface area contributed by atoms with Gasteiger partial charge in [0, 0.05) is 6.54 Å². The van der Waals surface area contributed by atoms with Gasteiger partial charge in [-0.3, -0.25) is 9.59 Å². The Bertz CT molecular complexity index is 298. The number of unbranched alkanes of at least 4 members (excludes halogenated alkanes) is 9. The largest absolute Gasteiger partial charge is 0.361 e. The number of rotatable bonds is 16. The summed E-state index contributed by atoms with van der Waals surface area (Å²) in [5, 5.41) is 5.99. The van der Waals surface area contributed by atoms with Gasteiger partial charge in [0.25, 0.3) is 0 Å². The summed E-state index contributed by atoms with van der Waals surface area (Å²) in [4.78, 5) is 21.4. The molecule has 0 aromatic rings. The highest BCUT2D eigenvalue weighted by Gasteiger charge is 2.05. The third-order valence-electron chi connectivity index (χ3n) is 3.85. The highest BCUT2D eigenvalue weighted by Crippen LogP contribution is 2.05. The number of carbonyl (C=O) groups is 2. The molecular weight excluding hydrogens is 292 g/mol. The van der Waals surface area contributed by atoms with E-state index in [2.05, 4.69) is 10.6 Å². The summed E-state index contributed by atoms with van der Waals surface area (Å²) >= 11 is 0. The first-order chi connectivity index (χ1) is 11.2. The first kappa shape index (κ1) is 21.9. The van der Waals surface area contributed by atoms with Crippen molar-refractivity contribution in [2.24, 2.45) is 11.5 Å². The molecule has 2 amide bonds. The Labute approximate surface area is 141 Å². The summed E-state index contributed by atoms with van der Waals surface area (Å²) in [6.45, 7) is 3.59. The Kier molecular flexibility index (Phi) is 16.4. The first-order valence-corrected chi connectivity index (χ1v) is 9.17. The van der Waals surface area contributed by atoms with Crippen molar-refractivity contribution in [3.05, 3.63) is 0 Å². The van der Waals surface area contributed by atoms with Crippen LogP contribution < -0.4 is 22.1 Å². The lowest BCUT2D eigenvalue weighted by atomic mass is 10.1. The monoisotopic (exact) mass is 328 g/mol. The van der Waals surface area contributed by atoms with E-state index in [0.717, 1.165) is 38.9 Å². The highest BCUT2D eigenvalue weighted by molar-refractivity contribution is 6.34. The van der Waals surface area contributed by atoms with Crippen molar-refractivity contribution < 1.29 is 9.59 Å². The van der Waals surface area contributed by atoms with Crippen molar-refractivity contribution in [1.29, 1.82) is 0 Å². The molecule has 136 valence electrons. The van der Waals surface area contributed by atoms with Gasteiger partial charge in [-0.25, -0.2) is 0 Å². The van der Waals surface area contributed by atoms with Crippen LogP contribution in [0.5, 0.6) is 0 Å². The van der Waals surface area contributed by atoms with Crippen molar-refractivity contribution in [2.75, 3.05) is 26.2 Å². The smallest absolute Gasteiger partial charge is 0.309 e. The summed E-state index contributed by atoms with van der Waals surface area (Å²) < 4.78 is 0. The predicted molar refractivity (Wildman–Crippen MR) is 94.9 cm³/mol. The minimum atomic E-state index is -0.909. The first-order valence-electron chi connectivity index (χ1n) is 9.17. The van der Waals surface area contributed by atoms with Crippen LogP contribution >= 0.6 is 0 Å². The van der Waals surface area contributed by atoms with Gasteiger partial charge < -0.3 is 22.1 Å². The normalized spacial score (nSPS) is 10.7. The zero-order valence-corrected chi connectivity index (χ0v) is 14.6. The van der Waals surface area contributed by atoms with E-state index >= 15 is 0 Å². The maximum Gasteiger partial charge on any atom is 0.309 e. The molecular formula is C17H36N4O2. The number of hydrogen-bond acceptors (Lipinski definition) is 4. The minimum absolute atomic E-state index is 0.536. The predicted octanol–water partition coefficient (Wildman–Crippen LogP) is 1.43. The zero-order chi connectivity index (χ0) is 17.2. The van der Waals surface area contributed by atoms with Crippen LogP contribution in [0.25, 0.3) is 0 Å². The summed E-state index contributed by atoms with van der Waals surface area (Å²) in [5.74, 6) is -1.59. The van der Waals surface area contributed by atoms with Crippen LogP contribution in [0.2, 0.25) is 0 Å². The average molecular weight is 329 g/mol. The number of hydrogen-bond donors (Lipinski definition) is 4. The summed E-state index contributed by atoms with van der Waals surface area (Å²) in [7, 11) is 0. The van der Waals surface area contributed by atoms with E-state index < -0.39 is 11.8 Å². The van der Waals surface area contributed by atoms with Gasteiger partial charge in [0.05, 0.1) is 0 Å². The maximum absolute atomic E-state index is 10.9. The van der Waals surface area contributed by atoms with E-state index in [-0.39, 0.29) is 0 Å². The third-order valence-corrected chi connectivity index (χ3v) is 3.85. The van der Waals surface area contributed by atoms with Crippen molar-refractivity contribution in [1.82, 2.24) is 10.6 Å². The SMILES string of the molecule is NCCCCCCCNCCCCCCCCNC(=O)C(N)=O. The van der Waals surface area contributed by atoms with E-state index in [0.29, 0.717) is 6.54 Å². The molecule has 0 aromatic heterocycles. The Morgan fingerprint density at radius 1 is 0.652 bits per heavy atom. The van der Waals surface area contributed by atoms with Gasteiger partial charge in [0.1, 0.15) is 0 Å². The fourth-order valence-corrected chi connectivity index (χ4v) is 2.42. The molecule has 0 unspecified atom stereocenters. The van der Waals surface area contributed by atoms with Gasteiger partial charge in [0.15, 0.2) is 0 Å². The Morgan fingerprint density at radius 2 is 1.09 bits per heavy atom. The van der Waals surface area contributed by atoms with Crippen molar-refractivity contribution in [2.45, 2.75) is 70.6 Å². The average Bonchev–Trinajstić information content (AvgIpc) is 2.54. The van der Waals surface area contributed by atoms with E-state index in [1.807, 2.05) is 0 Å². The molecule has 23 heavy (non-hydrogen) atoms. The van der Waals surface area contributed by atoms with Crippen LogP contribution in [-0.2, 0) is 9.59 Å². The molecule has 6 nitrogen and oxygen atoms in total. The maximum atomic E-state index is 10.9. The van der Waals surface area contributed by atoms with E-state index in [1.165, 1.54) is 51.4 Å². The van der Waals surface area contributed by atoms with Gasteiger partial charge in [-0.15, -0.1) is 0 Å². The van der Waals surface area contributed by atoms with E-state index in [4.69, 9.17) is 11.5 Å². The van der Waals surface area contributed by atoms with E-state index in [1.54, 1.807) is 0 Å². The third kappa shape index (κ3) is 17.1. The Hall–Kier alpha value is -1.14. The Balaban J connectivity index is 3.05. The lowest BCUT2D eigenvalue weighted by Gasteiger charge is -2.05. The van der Waals surface area contributed by atoms with Gasteiger partial charge in [0.2, 0.25) is 0 Å². The molecule has 0 aliphatic rings. The van der Waals surface area contributed by atoms with Crippen LogP contribution in [0.3, 0.4) is 0 Å². The molecule has 0 saturated heterocycles. The lowest BCUT2D eigenvalue weighted by Crippen LogP contribution is -2.36. The molecule has 0 atom stereocenters. The molecule has 6 heteroatoms. The topological polar surface area (TPSA) is 110 Å². The molecule has 6 N–H and O–H groups in total. The van der Waals surface area contributed by atoms with Crippen molar-refractivity contribution >= 4 is 11.8 Å². The standard InChI is InChI=1S/C17H36N4O2/c18-12-8-4-3-6-10-14-20-13-9-5-1-2-7-11-15-21-17(23)16(19)22/h20H,1-15,18H2,(H2,19,22)(H,21,23). The highest BCUT2D eigenvalue weighted by atomic mass is 16.2. The molecule has 0 fully saturated rings. The minimum Gasteiger partial charge on any atom is -0.361 e. The number of primary amides is 1. The number of carbonyl (C=O) groups excluding carboxylic acids is 2. The fraction of sp³-hybridized carbons (Fsp3) is 0.882. The molecule has 0 spiro atoms. The molecule has 0 radical (unpaired) electrons. The molecule has 0 aromatic carbocycles. The van der Waals surface area contributed by atoms with Crippen molar-refractivity contribution in [3.8, 4) is 0 Å². The molecule has 0 aliphatic carbocycles. The summed E-state index contributed by atoms with van der Waals surface area (Å²) in [5.41, 5.74) is 10.3. The fourth-order valence-electron chi connectivity index (χ4n) is 2.42. The molecule has 0 saturated carbocycles. The van der Waals surface area contributed by atoms with Crippen LogP contribution in [0, 0.1) is 0 Å². The van der Waals surface area contributed by atoms with Crippen LogP contribution in [0.1, 0.15) is 70.6 Å². The second-order valence-electron chi connectivity index (χ2n) is 6.05. The second-order valence-corrected chi connectivity index (χ2v) is 6.05. The van der Waals surface area contributed by atoms with Crippen molar-refractivity contribution in [3.63, 3.8) is 0 Å². The van der Waals surface area contributed by atoms with E-state index in [9.17, 15) is 9.59 Å². The molecule has 0 bridgehead atoms. The lowest BCUT2D eigenvalue weighted by molar-refractivity contribution is -0.137. The summed E-state index contributed by atoms with van der Waals surface area (Å²) in [6.07, 6.45) is 13.2. The number of nitrogens with two attached hydrogens (primary N) is 2. The van der Waals surface area contributed by atoms with Crippen LogP contribution in [0.15, 0.2) is 0 Å². The zero-order valence-electron chi connectivity index (χ0n) is 14.6. The van der Waals surface area contributed by atoms with Gasteiger partial charge in [-0.1, -0.05) is 44.9 Å². The van der Waals surface area contributed by atoms with Gasteiger partial charge in [-0.2, -0.15) is 0 Å². The Morgan fingerprint density at radius 3 is 1.57 bits per heavy atom. The number of amides is 2. The van der Waals surface area contributed by atoms with Crippen LogP contribution in [-0.4, -0.2) is 38.0 Å². The summed E-state index contributed by atoms with van der Waals surface area (Å²) in [6, 6.07) is 0. The number of nitrogens with one attached hydrogen (secondary N) is 2. The second kappa shape index (κ2) is 17.2. The molecule has 0 aliphatic heterocycles. The quantitative estimate of drug-likeness (QED) is 0.254. The molecule has 0 rings (SSSR count). The van der Waals surface area contributed by atoms with Crippen LogP contribution in [0.4, 0.5) is 0 Å². The van der Waals surface area contributed by atoms with Gasteiger partial charge >= 0.3 is 11.8 Å².